The van der Waals surface area contributed by atoms with Crippen LogP contribution >= 0.6 is 34.5 Å². The van der Waals surface area contributed by atoms with E-state index >= 15 is 0 Å². The van der Waals surface area contributed by atoms with Gasteiger partial charge in [-0.3, -0.25) is 9.59 Å². The van der Waals surface area contributed by atoms with E-state index in [1.165, 1.54) is 7.11 Å². The van der Waals surface area contributed by atoms with Gasteiger partial charge in [-0.1, -0.05) is 34.5 Å². The molecule has 0 bridgehead atoms. The molecule has 2 N–H and O–H groups in total. The van der Waals surface area contributed by atoms with Crippen molar-refractivity contribution in [3.63, 3.8) is 0 Å². The summed E-state index contributed by atoms with van der Waals surface area (Å²) in [5.74, 6) is -2.35. The number of carbonyl (C=O) groups is 3. The van der Waals surface area contributed by atoms with Gasteiger partial charge < -0.3 is 34.6 Å². The molecule has 3 atom stereocenters. The number of piperidine rings is 1. The fourth-order valence-corrected chi connectivity index (χ4v) is 5.43. The Morgan fingerprint density at radius 1 is 1.31 bits per heavy atom. The number of aromatic nitrogens is 2. The summed E-state index contributed by atoms with van der Waals surface area (Å²) in [6, 6.07) is -0.328. The summed E-state index contributed by atoms with van der Waals surface area (Å²) in [5.41, 5.74) is 0.707. The van der Waals surface area contributed by atoms with E-state index in [1.54, 1.807) is 21.0 Å². The normalized spacial score (nSPS) is 18.4. The summed E-state index contributed by atoms with van der Waals surface area (Å²) >= 11 is 13.2. The molecule has 14 heteroatoms. The van der Waals surface area contributed by atoms with Crippen LogP contribution in [0.2, 0.25) is 10.0 Å². The van der Waals surface area contributed by atoms with E-state index < -0.39 is 11.9 Å². The third kappa shape index (κ3) is 7.02. The van der Waals surface area contributed by atoms with Gasteiger partial charge in [-0.25, -0.2) is 4.98 Å². The third-order valence-electron chi connectivity index (χ3n) is 5.86. The Hall–Kier alpha value is -1.18. The van der Waals surface area contributed by atoms with Crippen LogP contribution < -0.4 is 44.9 Å². The second-order valence-electron chi connectivity index (χ2n) is 8.44. The number of aryl methyl sites for hydroxylation is 1. The number of carboxylic acid groups (broad SMARTS) is 1. The molecule has 0 saturated carbocycles. The number of nitrogens with zero attached hydrogens (tertiary/aromatic N) is 2. The molecule has 0 unspecified atom stereocenters. The van der Waals surface area contributed by atoms with Gasteiger partial charge in [0.15, 0.2) is 16.6 Å². The van der Waals surface area contributed by atoms with Gasteiger partial charge in [-0.05, 0) is 26.2 Å². The molecule has 0 aliphatic carbocycles. The Morgan fingerprint density at radius 3 is 2.56 bits per heavy atom. The molecule has 2 aromatic rings. The monoisotopic (exact) mass is 568 g/mol. The van der Waals surface area contributed by atoms with Gasteiger partial charge in [0, 0.05) is 45.5 Å². The van der Waals surface area contributed by atoms with Gasteiger partial charge in [0.2, 0.25) is 0 Å². The first-order chi connectivity index (χ1) is 16.6. The van der Waals surface area contributed by atoms with Gasteiger partial charge in [0.05, 0.1) is 33.6 Å². The Morgan fingerprint density at radius 2 is 2.00 bits per heavy atom. The van der Waals surface area contributed by atoms with Crippen molar-refractivity contribution in [2.75, 3.05) is 38.8 Å². The summed E-state index contributed by atoms with van der Waals surface area (Å²) in [6.07, 6.45) is 0.463. The number of hydrogen-bond acceptors (Lipinski definition) is 9. The van der Waals surface area contributed by atoms with Crippen LogP contribution in [-0.4, -0.2) is 73.7 Å². The molecular weight excluding hydrogens is 542 g/mol. The molecule has 0 radical (unpaired) electrons. The molecule has 3 rings (SSSR count). The van der Waals surface area contributed by atoms with Crippen molar-refractivity contribution in [2.24, 2.45) is 5.92 Å². The van der Waals surface area contributed by atoms with Crippen LogP contribution in [0.15, 0.2) is 0 Å². The number of Topliss-reactive ketones (excluding diaryl/α,β-unsaturated/α-hetero) is 1. The van der Waals surface area contributed by atoms with Gasteiger partial charge in [-0.2, -0.15) is 0 Å². The predicted molar refractivity (Wildman–Crippen MR) is 131 cm³/mol. The number of amides is 1. The Kier molecular flexibility index (Phi) is 11.7. The summed E-state index contributed by atoms with van der Waals surface area (Å²) < 4.78 is 10.7. The maximum atomic E-state index is 12.9. The molecule has 1 aliphatic heterocycles. The predicted octanol–water partition coefficient (Wildman–Crippen LogP) is -0.667. The first kappa shape index (κ1) is 31.0. The van der Waals surface area contributed by atoms with Crippen LogP contribution in [0.25, 0.3) is 0 Å². The molecule has 1 saturated heterocycles. The Bertz CT molecular complexity index is 1110. The maximum absolute atomic E-state index is 12.9. The number of methoxy groups -OCH3 is 2. The standard InChI is InChI=1S/C22H28Cl2N4O6S.Na/c1-10(9-33-3)25-20(30)18-19(21(31)32)35-22(27-18)28-6-5-12(14(8-28)34-4)7-13(29)17-16(24)15(23)11(2)26-17;/h10,12,14,26H,5-9H2,1-4H3,(H,25,30)(H,31,32);/q;+1/p-1/t10-,12+,14+;/m1./s1. The Labute approximate surface area is 245 Å². The van der Waals surface area contributed by atoms with E-state index in [2.05, 4.69) is 15.3 Å². The molecule has 192 valence electrons. The molecule has 1 amide bonds. The molecule has 0 aromatic carbocycles. The summed E-state index contributed by atoms with van der Waals surface area (Å²) in [6.45, 7) is 4.61. The van der Waals surface area contributed by atoms with Crippen molar-refractivity contribution < 1.29 is 58.5 Å². The SMILES string of the molecule is COC[C@@H](C)NC(=O)c1nc(N2CC[C@@H](CC(=O)c3[nH]c(C)c(Cl)c3Cl)[C@@H](OC)C2)sc1C(=O)[O-].[Na+]. The fraction of sp³-hybridized carbons (Fsp3) is 0.545. The van der Waals surface area contributed by atoms with Crippen LogP contribution in [0.5, 0.6) is 0 Å². The van der Waals surface area contributed by atoms with E-state index in [0.717, 1.165) is 11.3 Å². The van der Waals surface area contributed by atoms with Crippen LogP contribution in [-0.2, 0) is 9.47 Å². The smallest absolute Gasteiger partial charge is 0.544 e. The average molecular weight is 569 g/mol. The molecule has 1 fully saturated rings. The van der Waals surface area contributed by atoms with E-state index in [0.29, 0.717) is 35.4 Å². The van der Waals surface area contributed by atoms with Crippen molar-refractivity contribution in [3.8, 4) is 0 Å². The van der Waals surface area contributed by atoms with Crippen LogP contribution in [0.4, 0.5) is 5.13 Å². The second kappa shape index (κ2) is 13.6. The molecule has 10 nitrogen and oxygen atoms in total. The molecule has 0 spiro atoms. The minimum Gasteiger partial charge on any atom is -0.544 e. The number of rotatable bonds is 10. The number of carboxylic acids is 1. The summed E-state index contributed by atoms with van der Waals surface area (Å²) in [5, 5.41) is 15.2. The number of aromatic amines is 1. The van der Waals surface area contributed by atoms with E-state index in [4.69, 9.17) is 32.7 Å². The zero-order valence-corrected chi connectivity index (χ0v) is 25.1. The van der Waals surface area contributed by atoms with Gasteiger partial charge in [0.1, 0.15) is 5.69 Å². The maximum Gasteiger partial charge on any atom is 1.00 e. The quantitative estimate of drug-likeness (QED) is 0.284. The van der Waals surface area contributed by atoms with Gasteiger partial charge >= 0.3 is 29.6 Å². The van der Waals surface area contributed by atoms with Crippen molar-refractivity contribution in [1.29, 1.82) is 0 Å². The molecular formula is C22H27Cl2N4NaO6S. The van der Waals surface area contributed by atoms with E-state index in [9.17, 15) is 19.5 Å². The van der Waals surface area contributed by atoms with Gasteiger partial charge in [0.25, 0.3) is 5.91 Å². The summed E-state index contributed by atoms with van der Waals surface area (Å²) in [7, 11) is 3.06. The average Bonchev–Trinajstić information content (AvgIpc) is 3.37. The number of aromatic carboxylic acids is 1. The Balaban J connectivity index is 0.00000456. The second-order valence-corrected chi connectivity index (χ2v) is 10.2. The minimum absolute atomic E-state index is 0. The minimum atomic E-state index is -1.47. The fourth-order valence-electron chi connectivity index (χ4n) is 4.06. The number of nitrogens with one attached hydrogen (secondary N) is 2. The number of hydrogen-bond donors (Lipinski definition) is 2. The van der Waals surface area contributed by atoms with Crippen molar-refractivity contribution in [2.45, 2.75) is 38.8 Å². The number of thiazole rings is 1. The van der Waals surface area contributed by atoms with E-state index in [-0.39, 0.29) is 87.7 Å². The molecule has 3 heterocycles. The number of carbonyl (C=O) groups excluding carboxylic acids is 3. The van der Waals surface area contributed by atoms with Crippen molar-refractivity contribution >= 4 is 57.3 Å². The van der Waals surface area contributed by atoms with Gasteiger partial charge in [-0.15, -0.1) is 0 Å². The zero-order chi connectivity index (χ0) is 25.9. The van der Waals surface area contributed by atoms with Crippen LogP contribution in [0.3, 0.4) is 0 Å². The molecule has 1 aliphatic rings. The van der Waals surface area contributed by atoms with E-state index in [1.807, 2.05) is 4.90 Å². The molecule has 2 aromatic heterocycles. The topological polar surface area (TPSA) is 137 Å². The molecule has 36 heavy (non-hydrogen) atoms. The summed E-state index contributed by atoms with van der Waals surface area (Å²) in [4.78, 5) is 46.0. The van der Waals surface area contributed by atoms with Crippen LogP contribution in [0.1, 0.15) is 56.1 Å². The number of halogens is 2. The number of ketones is 1. The first-order valence-corrected chi connectivity index (χ1v) is 12.5. The number of anilines is 1. The largest absolute Gasteiger partial charge is 1.00 e. The first-order valence-electron chi connectivity index (χ1n) is 10.9. The van der Waals surface area contributed by atoms with Crippen molar-refractivity contribution in [1.82, 2.24) is 15.3 Å². The number of H-pyrrole nitrogens is 1. The zero-order valence-electron chi connectivity index (χ0n) is 20.8. The van der Waals surface area contributed by atoms with Crippen LogP contribution in [0, 0.1) is 12.8 Å². The number of ether oxygens (including phenoxy) is 2. The third-order valence-corrected chi connectivity index (χ3v) is 7.90. The van der Waals surface area contributed by atoms with Crippen molar-refractivity contribution in [3.05, 3.63) is 32.0 Å².